The lowest BCUT2D eigenvalue weighted by atomic mass is 9.88. The largest absolute Gasteiger partial charge is 0.480 e. The first-order valence-corrected chi connectivity index (χ1v) is 7.98. The van der Waals surface area contributed by atoms with Crippen LogP contribution in [0.2, 0.25) is 0 Å². The molecule has 1 aliphatic heterocycles. The van der Waals surface area contributed by atoms with Crippen molar-refractivity contribution in [3.8, 4) is 0 Å². The summed E-state index contributed by atoms with van der Waals surface area (Å²) < 4.78 is 28.1. The average Bonchev–Trinajstić information content (AvgIpc) is 2.24. The van der Waals surface area contributed by atoms with Crippen molar-refractivity contribution in [2.75, 3.05) is 13.1 Å². The van der Waals surface area contributed by atoms with Gasteiger partial charge in [-0.1, -0.05) is 27.7 Å². The molecule has 0 spiro atoms. The second-order valence-corrected chi connectivity index (χ2v) is 8.04. The summed E-state index contributed by atoms with van der Waals surface area (Å²) in [7, 11) is -3.73. The molecule has 0 aliphatic carbocycles. The van der Waals surface area contributed by atoms with Crippen molar-refractivity contribution in [3.05, 3.63) is 0 Å². The Morgan fingerprint density at radius 2 is 1.79 bits per heavy atom. The molecule has 0 saturated carbocycles. The van der Waals surface area contributed by atoms with Gasteiger partial charge < -0.3 is 5.11 Å². The minimum Gasteiger partial charge on any atom is -0.480 e. The first-order chi connectivity index (χ1) is 8.54. The van der Waals surface area contributed by atoms with E-state index in [0.717, 1.165) is 12.8 Å². The number of hydrogen-bond acceptors (Lipinski definition) is 3. The van der Waals surface area contributed by atoms with E-state index < -0.39 is 27.6 Å². The van der Waals surface area contributed by atoms with Crippen LogP contribution in [-0.4, -0.2) is 42.9 Å². The summed E-state index contributed by atoms with van der Waals surface area (Å²) in [6, 6.07) is -1.13. The SMILES string of the molecule is CC1CCN(S(=O)(=O)NC(C(=O)O)C(C)(C)C)CC1. The van der Waals surface area contributed by atoms with Crippen molar-refractivity contribution >= 4 is 16.2 Å². The number of nitrogens with one attached hydrogen (secondary N) is 1. The molecule has 1 aliphatic rings. The maximum absolute atomic E-state index is 12.2. The Bertz CT molecular complexity index is 420. The molecule has 0 radical (unpaired) electrons. The zero-order valence-electron chi connectivity index (χ0n) is 12.0. The van der Waals surface area contributed by atoms with Crippen LogP contribution in [-0.2, 0) is 15.0 Å². The highest BCUT2D eigenvalue weighted by atomic mass is 32.2. The number of rotatable bonds is 4. The number of aliphatic carboxylic acids is 1. The molecule has 1 atom stereocenters. The predicted octanol–water partition coefficient (Wildman–Crippen LogP) is 1.05. The molecule has 7 heteroatoms. The Morgan fingerprint density at radius 1 is 1.32 bits per heavy atom. The van der Waals surface area contributed by atoms with Gasteiger partial charge in [-0.15, -0.1) is 0 Å². The Kier molecular flexibility index (Phi) is 4.97. The van der Waals surface area contributed by atoms with E-state index >= 15 is 0 Å². The molecule has 1 heterocycles. The van der Waals surface area contributed by atoms with E-state index in [9.17, 15) is 13.2 Å². The molecule has 1 saturated heterocycles. The van der Waals surface area contributed by atoms with E-state index in [4.69, 9.17) is 5.11 Å². The maximum atomic E-state index is 12.2. The molecule has 0 aromatic rings. The quantitative estimate of drug-likeness (QED) is 0.811. The van der Waals surface area contributed by atoms with E-state index in [-0.39, 0.29) is 0 Å². The van der Waals surface area contributed by atoms with Crippen LogP contribution >= 0.6 is 0 Å². The summed E-state index contributed by atoms with van der Waals surface area (Å²) >= 11 is 0. The Labute approximate surface area is 115 Å². The molecule has 2 N–H and O–H groups in total. The minimum atomic E-state index is -3.73. The van der Waals surface area contributed by atoms with Crippen LogP contribution in [0.1, 0.15) is 40.5 Å². The Morgan fingerprint density at radius 3 is 2.16 bits per heavy atom. The van der Waals surface area contributed by atoms with Gasteiger partial charge in [0.25, 0.3) is 10.2 Å². The molecule has 0 aromatic carbocycles. The van der Waals surface area contributed by atoms with Gasteiger partial charge in [0.05, 0.1) is 0 Å². The maximum Gasteiger partial charge on any atom is 0.322 e. The van der Waals surface area contributed by atoms with Crippen LogP contribution in [0.3, 0.4) is 0 Å². The highest BCUT2D eigenvalue weighted by molar-refractivity contribution is 7.87. The third kappa shape index (κ3) is 4.43. The third-order valence-electron chi connectivity index (χ3n) is 3.46. The fourth-order valence-corrected chi connectivity index (χ4v) is 3.64. The molecule has 6 nitrogen and oxygen atoms in total. The molecule has 0 amide bonds. The van der Waals surface area contributed by atoms with Crippen molar-refractivity contribution in [1.29, 1.82) is 0 Å². The lowest BCUT2D eigenvalue weighted by Crippen LogP contribution is -2.54. The molecule has 19 heavy (non-hydrogen) atoms. The van der Waals surface area contributed by atoms with E-state index in [1.165, 1.54) is 4.31 Å². The Balaban J connectivity index is 2.80. The summed E-state index contributed by atoms with van der Waals surface area (Å²) in [6.07, 6.45) is 1.63. The van der Waals surface area contributed by atoms with E-state index in [2.05, 4.69) is 11.6 Å². The fourth-order valence-electron chi connectivity index (χ4n) is 2.05. The van der Waals surface area contributed by atoms with Gasteiger partial charge >= 0.3 is 5.97 Å². The van der Waals surface area contributed by atoms with Crippen molar-refractivity contribution in [3.63, 3.8) is 0 Å². The third-order valence-corrected chi connectivity index (χ3v) is 5.04. The van der Waals surface area contributed by atoms with Crippen LogP contribution < -0.4 is 4.72 Å². The molecule has 0 bridgehead atoms. The standard InChI is InChI=1S/C12H24N2O4S/c1-9-5-7-14(8-6-9)19(17,18)13-10(11(15)16)12(2,3)4/h9-10,13H,5-8H2,1-4H3,(H,15,16). The molecule has 1 rings (SSSR count). The lowest BCUT2D eigenvalue weighted by Gasteiger charge is -2.33. The van der Waals surface area contributed by atoms with E-state index in [1.807, 2.05) is 0 Å². The first kappa shape index (κ1) is 16.4. The highest BCUT2D eigenvalue weighted by Crippen LogP contribution is 2.23. The number of carboxylic acids is 1. The van der Waals surface area contributed by atoms with Crippen LogP contribution in [0.4, 0.5) is 0 Å². The summed E-state index contributed by atoms with van der Waals surface area (Å²) in [4.78, 5) is 11.2. The van der Waals surface area contributed by atoms with E-state index in [0.29, 0.717) is 19.0 Å². The zero-order valence-corrected chi connectivity index (χ0v) is 12.8. The zero-order chi connectivity index (χ0) is 14.8. The molecule has 112 valence electrons. The van der Waals surface area contributed by atoms with Gasteiger partial charge in [-0.25, -0.2) is 0 Å². The van der Waals surface area contributed by atoms with Gasteiger partial charge in [0, 0.05) is 13.1 Å². The van der Waals surface area contributed by atoms with Crippen LogP contribution in [0.5, 0.6) is 0 Å². The number of piperidine rings is 1. The monoisotopic (exact) mass is 292 g/mol. The molecule has 0 aromatic heterocycles. The summed E-state index contributed by atoms with van der Waals surface area (Å²) in [6.45, 7) is 8.10. The van der Waals surface area contributed by atoms with Crippen LogP contribution in [0.15, 0.2) is 0 Å². The first-order valence-electron chi connectivity index (χ1n) is 6.54. The smallest absolute Gasteiger partial charge is 0.322 e. The summed E-state index contributed by atoms with van der Waals surface area (Å²) in [5, 5.41) is 9.17. The molecule has 1 unspecified atom stereocenters. The summed E-state index contributed by atoms with van der Waals surface area (Å²) in [5.74, 6) is -0.634. The molecular weight excluding hydrogens is 268 g/mol. The lowest BCUT2D eigenvalue weighted by molar-refractivity contribution is -0.141. The average molecular weight is 292 g/mol. The predicted molar refractivity (Wildman–Crippen MR) is 72.9 cm³/mol. The van der Waals surface area contributed by atoms with Gasteiger partial charge in [0.1, 0.15) is 6.04 Å². The van der Waals surface area contributed by atoms with Crippen molar-refractivity contribution in [2.24, 2.45) is 11.3 Å². The van der Waals surface area contributed by atoms with Crippen LogP contribution in [0.25, 0.3) is 0 Å². The number of carbonyl (C=O) groups is 1. The highest BCUT2D eigenvalue weighted by Gasteiger charge is 2.37. The second-order valence-electron chi connectivity index (χ2n) is 6.34. The topological polar surface area (TPSA) is 86.7 Å². The van der Waals surface area contributed by atoms with Gasteiger partial charge in [-0.2, -0.15) is 17.4 Å². The number of carboxylic acid groups (broad SMARTS) is 1. The number of nitrogens with zero attached hydrogens (tertiary/aromatic N) is 1. The Hall–Kier alpha value is -0.660. The van der Waals surface area contributed by atoms with Crippen molar-refractivity contribution in [2.45, 2.75) is 46.6 Å². The second kappa shape index (κ2) is 5.76. The van der Waals surface area contributed by atoms with E-state index in [1.54, 1.807) is 20.8 Å². The molecule has 1 fully saturated rings. The van der Waals surface area contributed by atoms with Gasteiger partial charge in [0.15, 0.2) is 0 Å². The summed E-state index contributed by atoms with van der Waals surface area (Å²) in [5.41, 5.74) is -0.679. The fraction of sp³-hybridized carbons (Fsp3) is 0.917. The molecular formula is C12H24N2O4S. The normalized spacial score (nSPS) is 21.3. The minimum absolute atomic E-state index is 0.451. The van der Waals surface area contributed by atoms with Crippen LogP contribution in [0, 0.1) is 11.3 Å². The van der Waals surface area contributed by atoms with Gasteiger partial charge in [0.2, 0.25) is 0 Å². The van der Waals surface area contributed by atoms with Crippen molar-refractivity contribution in [1.82, 2.24) is 9.03 Å². The van der Waals surface area contributed by atoms with Gasteiger partial charge in [-0.05, 0) is 24.2 Å². The van der Waals surface area contributed by atoms with Gasteiger partial charge in [-0.3, -0.25) is 4.79 Å². The number of hydrogen-bond donors (Lipinski definition) is 2. The van der Waals surface area contributed by atoms with Crippen molar-refractivity contribution < 1.29 is 18.3 Å².